The third-order valence-electron chi connectivity index (χ3n) is 3.50. The van der Waals surface area contributed by atoms with Gasteiger partial charge in [0, 0.05) is 24.8 Å². The Bertz CT molecular complexity index is 397. The Labute approximate surface area is 114 Å². The Morgan fingerprint density at radius 1 is 1.56 bits per heavy atom. The molecule has 0 bridgehead atoms. The van der Waals surface area contributed by atoms with Crippen molar-refractivity contribution in [3.63, 3.8) is 0 Å². The smallest absolute Gasteiger partial charge is 0.274 e. The number of aryl methyl sites for hydroxylation is 1. The van der Waals surface area contributed by atoms with Crippen molar-refractivity contribution in [1.82, 2.24) is 15.1 Å². The molecule has 18 heavy (non-hydrogen) atoms. The number of nitrogens with zero attached hydrogens (tertiary/aromatic N) is 2. The van der Waals surface area contributed by atoms with E-state index in [-0.39, 0.29) is 24.4 Å². The lowest BCUT2D eigenvalue weighted by atomic mass is 9.91. The average Bonchev–Trinajstić information content (AvgIpc) is 2.75. The van der Waals surface area contributed by atoms with Crippen molar-refractivity contribution in [2.75, 3.05) is 13.1 Å². The van der Waals surface area contributed by atoms with Gasteiger partial charge < -0.3 is 10.6 Å². The molecule has 1 aliphatic rings. The van der Waals surface area contributed by atoms with Crippen LogP contribution >= 0.6 is 12.4 Å². The maximum atomic E-state index is 12.1. The molecule has 102 valence electrons. The molecule has 1 atom stereocenters. The molecule has 0 aromatic carbocycles. The molecule has 1 unspecified atom stereocenters. The lowest BCUT2D eigenvalue weighted by molar-refractivity contribution is 0.0675. The molecule has 2 heterocycles. The van der Waals surface area contributed by atoms with Crippen molar-refractivity contribution >= 4 is 18.3 Å². The number of carbonyl (C=O) groups is 1. The number of H-pyrrole nitrogens is 1. The lowest BCUT2D eigenvalue weighted by Crippen LogP contribution is -2.42. The van der Waals surface area contributed by atoms with Gasteiger partial charge in [-0.2, -0.15) is 5.10 Å². The fourth-order valence-corrected chi connectivity index (χ4v) is 2.32. The summed E-state index contributed by atoms with van der Waals surface area (Å²) in [6.45, 7) is 5.51. The standard InChI is InChI=1S/C12H20N4O.ClH/c1-8-7-11(15-14-8)12(17)16-5-3-10(4-6-16)9(2)13;/h7,9-10H,3-6,13H2,1-2H3,(H,14,15);1H. The van der Waals surface area contributed by atoms with Crippen molar-refractivity contribution in [2.45, 2.75) is 32.7 Å². The van der Waals surface area contributed by atoms with Crippen LogP contribution in [0.2, 0.25) is 0 Å². The van der Waals surface area contributed by atoms with E-state index in [0.717, 1.165) is 31.6 Å². The van der Waals surface area contributed by atoms with E-state index < -0.39 is 0 Å². The van der Waals surface area contributed by atoms with Gasteiger partial charge >= 0.3 is 0 Å². The molecule has 6 heteroatoms. The molecular weight excluding hydrogens is 252 g/mol. The summed E-state index contributed by atoms with van der Waals surface area (Å²) >= 11 is 0. The number of aromatic amines is 1. The predicted octanol–water partition coefficient (Wildman–Crippen LogP) is 1.34. The van der Waals surface area contributed by atoms with E-state index in [0.29, 0.717) is 11.6 Å². The van der Waals surface area contributed by atoms with E-state index in [9.17, 15) is 4.79 Å². The van der Waals surface area contributed by atoms with Crippen molar-refractivity contribution in [2.24, 2.45) is 11.7 Å². The van der Waals surface area contributed by atoms with Gasteiger partial charge in [0.2, 0.25) is 0 Å². The molecule has 5 nitrogen and oxygen atoms in total. The van der Waals surface area contributed by atoms with Crippen LogP contribution in [0.4, 0.5) is 0 Å². The number of carbonyl (C=O) groups excluding carboxylic acids is 1. The number of amides is 1. The Balaban J connectivity index is 0.00000162. The molecule has 1 saturated heterocycles. The molecule has 0 radical (unpaired) electrons. The van der Waals surface area contributed by atoms with Gasteiger partial charge in [-0.05, 0) is 38.7 Å². The molecular formula is C12H21ClN4O. The SMILES string of the molecule is Cc1cc(C(=O)N2CCC(C(C)N)CC2)n[nH]1.Cl. The van der Waals surface area contributed by atoms with Crippen molar-refractivity contribution in [3.05, 3.63) is 17.5 Å². The van der Waals surface area contributed by atoms with Gasteiger partial charge in [-0.15, -0.1) is 12.4 Å². The molecule has 1 aromatic rings. The van der Waals surface area contributed by atoms with Crippen LogP contribution < -0.4 is 5.73 Å². The number of likely N-dealkylation sites (tertiary alicyclic amines) is 1. The van der Waals surface area contributed by atoms with E-state index in [4.69, 9.17) is 5.73 Å². The van der Waals surface area contributed by atoms with E-state index in [1.165, 1.54) is 0 Å². The number of hydrogen-bond acceptors (Lipinski definition) is 3. The van der Waals surface area contributed by atoms with E-state index in [2.05, 4.69) is 10.2 Å². The second kappa shape index (κ2) is 6.20. The molecule has 3 N–H and O–H groups in total. The van der Waals surface area contributed by atoms with Gasteiger partial charge in [0.1, 0.15) is 5.69 Å². The Kier molecular flexibility index (Phi) is 5.16. The number of nitrogens with one attached hydrogen (secondary N) is 1. The largest absolute Gasteiger partial charge is 0.337 e. The summed E-state index contributed by atoms with van der Waals surface area (Å²) in [5.74, 6) is 0.567. The third kappa shape index (κ3) is 3.23. The van der Waals surface area contributed by atoms with Crippen LogP contribution in [0.25, 0.3) is 0 Å². The van der Waals surface area contributed by atoms with Crippen molar-refractivity contribution < 1.29 is 4.79 Å². The van der Waals surface area contributed by atoms with Crippen LogP contribution in [0, 0.1) is 12.8 Å². The minimum Gasteiger partial charge on any atom is -0.337 e. The monoisotopic (exact) mass is 272 g/mol. The van der Waals surface area contributed by atoms with Gasteiger partial charge in [0.05, 0.1) is 0 Å². The van der Waals surface area contributed by atoms with Crippen LogP contribution in [0.5, 0.6) is 0 Å². The molecule has 2 rings (SSSR count). The van der Waals surface area contributed by atoms with Gasteiger partial charge in [0.25, 0.3) is 5.91 Å². The molecule has 0 saturated carbocycles. The summed E-state index contributed by atoms with van der Waals surface area (Å²) in [5, 5.41) is 6.80. The maximum absolute atomic E-state index is 12.1. The number of hydrogen-bond donors (Lipinski definition) is 2. The number of halogens is 1. The molecule has 1 fully saturated rings. The average molecular weight is 273 g/mol. The number of aromatic nitrogens is 2. The second-order valence-corrected chi connectivity index (χ2v) is 4.92. The van der Waals surface area contributed by atoms with Crippen LogP contribution in [0.3, 0.4) is 0 Å². The van der Waals surface area contributed by atoms with Crippen LogP contribution in [-0.4, -0.2) is 40.1 Å². The Hall–Kier alpha value is -1.07. The first kappa shape index (κ1) is 15.0. The van der Waals surface area contributed by atoms with Gasteiger partial charge in [-0.3, -0.25) is 9.89 Å². The van der Waals surface area contributed by atoms with E-state index >= 15 is 0 Å². The normalized spacial score (nSPS) is 18.3. The maximum Gasteiger partial charge on any atom is 0.274 e. The van der Waals surface area contributed by atoms with Gasteiger partial charge in [-0.25, -0.2) is 0 Å². The topological polar surface area (TPSA) is 75.0 Å². The fourth-order valence-electron chi connectivity index (χ4n) is 2.32. The summed E-state index contributed by atoms with van der Waals surface area (Å²) in [7, 11) is 0. The minimum atomic E-state index is 0. The minimum absolute atomic E-state index is 0. The predicted molar refractivity (Wildman–Crippen MR) is 72.8 cm³/mol. The molecule has 1 aliphatic heterocycles. The first-order valence-electron chi connectivity index (χ1n) is 6.15. The van der Waals surface area contributed by atoms with Crippen molar-refractivity contribution in [3.8, 4) is 0 Å². The summed E-state index contributed by atoms with van der Waals surface area (Å²) in [6.07, 6.45) is 1.99. The highest BCUT2D eigenvalue weighted by atomic mass is 35.5. The van der Waals surface area contributed by atoms with Gasteiger partial charge in [0.15, 0.2) is 0 Å². The first-order valence-corrected chi connectivity index (χ1v) is 6.15. The summed E-state index contributed by atoms with van der Waals surface area (Å²) < 4.78 is 0. The second-order valence-electron chi connectivity index (χ2n) is 4.92. The molecule has 0 spiro atoms. The zero-order valence-corrected chi connectivity index (χ0v) is 11.7. The fraction of sp³-hybridized carbons (Fsp3) is 0.667. The van der Waals surface area contributed by atoms with Crippen LogP contribution in [0.15, 0.2) is 6.07 Å². The summed E-state index contributed by atoms with van der Waals surface area (Å²) in [4.78, 5) is 14.0. The lowest BCUT2D eigenvalue weighted by Gasteiger charge is -2.33. The Morgan fingerprint density at radius 2 is 2.17 bits per heavy atom. The van der Waals surface area contributed by atoms with Gasteiger partial charge in [-0.1, -0.05) is 0 Å². The quantitative estimate of drug-likeness (QED) is 0.853. The van der Waals surface area contributed by atoms with Crippen molar-refractivity contribution in [1.29, 1.82) is 0 Å². The van der Waals surface area contributed by atoms with Crippen LogP contribution in [-0.2, 0) is 0 Å². The zero-order valence-electron chi connectivity index (χ0n) is 10.8. The molecule has 1 aromatic heterocycles. The first-order chi connectivity index (χ1) is 8.08. The molecule has 0 aliphatic carbocycles. The number of piperidine rings is 1. The summed E-state index contributed by atoms with van der Waals surface area (Å²) in [6, 6.07) is 2.01. The van der Waals surface area contributed by atoms with E-state index in [1.54, 1.807) is 6.07 Å². The number of nitrogens with two attached hydrogens (primary N) is 1. The highest BCUT2D eigenvalue weighted by molar-refractivity contribution is 5.92. The molecule has 1 amide bonds. The summed E-state index contributed by atoms with van der Waals surface area (Å²) in [5.41, 5.74) is 7.31. The van der Waals surface area contributed by atoms with E-state index in [1.807, 2.05) is 18.7 Å². The van der Waals surface area contributed by atoms with Crippen LogP contribution in [0.1, 0.15) is 35.9 Å². The third-order valence-corrected chi connectivity index (χ3v) is 3.50. The highest BCUT2D eigenvalue weighted by Crippen LogP contribution is 2.20. The number of rotatable bonds is 2. The highest BCUT2D eigenvalue weighted by Gasteiger charge is 2.26. The Morgan fingerprint density at radius 3 is 2.61 bits per heavy atom. The zero-order chi connectivity index (χ0) is 12.4.